The highest BCUT2D eigenvalue weighted by Crippen LogP contribution is 2.25. The van der Waals surface area contributed by atoms with Gasteiger partial charge in [0.1, 0.15) is 0 Å². The first-order valence-corrected chi connectivity index (χ1v) is 5.61. The summed E-state index contributed by atoms with van der Waals surface area (Å²) in [6.45, 7) is 2.16. The van der Waals surface area contributed by atoms with Crippen LogP contribution in [0.1, 0.15) is 19.0 Å². The molecule has 0 atom stereocenters. The van der Waals surface area contributed by atoms with Crippen molar-refractivity contribution in [3.63, 3.8) is 0 Å². The third-order valence-electron chi connectivity index (χ3n) is 2.66. The zero-order chi connectivity index (χ0) is 11.5. The molecule has 0 radical (unpaired) electrons. The van der Waals surface area contributed by atoms with Crippen LogP contribution in [0.3, 0.4) is 0 Å². The Balaban J connectivity index is 2.63. The van der Waals surface area contributed by atoms with Crippen LogP contribution in [-0.4, -0.2) is 12.0 Å². The standard InChI is InChI=1S/C13H17N3/c1-3-4-10-8-13(15-2)11-7-9(14)5-6-12(11)16-10/h5-8H,3-4,14H2,1-2H3,(H,15,16). The summed E-state index contributed by atoms with van der Waals surface area (Å²) in [7, 11) is 1.92. The zero-order valence-electron chi connectivity index (χ0n) is 9.75. The molecule has 3 nitrogen and oxygen atoms in total. The normalized spacial score (nSPS) is 10.6. The van der Waals surface area contributed by atoms with E-state index >= 15 is 0 Å². The van der Waals surface area contributed by atoms with Crippen LogP contribution in [-0.2, 0) is 6.42 Å². The van der Waals surface area contributed by atoms with Crippen LogP contribution in [0.15, 0.2) is 24.3 Å². The van der Waals surface area contributed by atoms with Crippen LogP contribution in [0.5, 0.6) is 0 Å². The molecule has 1 aromatic carbocycles. The number of nitrogens with one attached hydrogen (secondary N) is 1. The number of rotatable bonds is 3. The molecule has 0 unspecified atom stereocenters. The quantitative estimate of drug-likeness (QED) is 0.774. The minimum atomic E-state index is 0.772. The Labute approximate surface area is 95.7 Å². The van der Waals surface area contributed by atoms with E-state index in [1.165, 1.54) is 0 Å². The Hall–Kier alpha value is -1.77. The van der Waals surface area contributed by atoms with Gasteiger partial charge in [-0.25, -0.2) is 0 Å². The summed E-state index contributed by atoms with van der Waals surface area (Å²) in [5.41, 5.74) is 9.79. The number of pyridine rings is 1. The van der Waals surface area contributed by atoms with Gasteiger partial charge in [-0.2, -0.15) is 0 Å². The summed E-state index contributed by atoms with van der Waals surface area (Å²) in [5.74, 6) is 0. The SMILES string of the molecule is CCCc1cc(NC)c2cc(N)ccc2n1. The fourth-order valence-electron chi connectivity index (χ4n) is 1.89. The number of benzene rings is 1. The molecule has 0 aliphatic heterocycles. The molecule has 2 rings (SSSR count). The molecule has 0 amide bonds. The van der Waals surface area contributed by atoms with Crippen LogP contribution in [0.4, 0.5) is 11.4 Å². The summed E-state index contributed by atoms with van der Waals surface area (Å²) in [5, 5.41) is 4.29. The molecular weight excluding hydrogens is 198 g/mol. The van der Waals surface area contributed by atoms with E-state index in [1.807, 2.05) is 25.2 Å². The second kappa shape index (κ2) is 4.39. The van der Waals surface area contributed by atoms with Crippen molar-refractivity contribution in [3.8, 4) is 0 Å². The van der Waals surface area contributed by atoms with E-state index in [0.29, 0.717) is 0 Å². The van der Waals surface area contributed by atoms with Crippen LogP contribution in [0.25, 0.3) is 10.9 Å². The number of nitrogens with two attached hydrogens (primary N) is 1. The smallest absolute Gasteiger partial charge is 0.0727 e. The predicted molar refractivity (Wildman–Crippen MR) is 69.7 cm³/mol. The van der Waals surface area contributed by atoms with Crippen molar-refractivity contribution in [1.82, 2.24) is 4.98 Å². The zero-order valence-corrected chi connectivity index (χ0v) is 9.75. The molecule has 1 heterocycles. The Bertz CT molecular complexity index is 506. The first-order chi connectivity index (χ1) is 7.74. The highest BCUT2D eigenvalue weighted by Gasteiger charge is 2.04. The van der Waals surface area contributed by atoms with E-state index < -0.39 is 0 Å². The molecule has 0 spiro atoms. The lowest BCUT2D eigenvalue weighted by Crippen LogP contribution is -1.97. The average molecular weight is 215 g/mol. The first-order valence-electron chi connectivity index (χ1n) is 5.61. The Morgan fingerprint density at radius 2 is 2.12 bits per heavy atom. The van der Waals surface area contributed by atoms with Gasteiger partial charge in [0.15, 0.2) is 0 Å². The third kappa shape index (κ3) is 1.94. The van der Waals surface area contributed by atoms with Gasteiger partial charge in [-0.15, -0.1) is 0 Å². The molecule has 0 aliphatic carbocycles. The number of nitrogens with zero attached hydrogens (tertiary/aromatic N) is 1. The second-order valence-electron chi connectivity index (χ2n) is 3.94. The molecule has 16 heavy (non-hydrogen) atoms. The fraction of sp³-hybridized carbons (Fsp3) is 0.308. The maximum absolute atomic E-state index is 5.79. The van der Waals surface area contributed by atoms with Crippen LogP contribution in [0.2, 0.25) is 0 Å². The predicted octanol–water partition coefficient (Wildman–Crippen LogP) is 2.81. The molecule has 84 valence electrons. The summed E-state index contributed by atoms with van der Waals surface area (Å²) in [6, 6.07) is 7.93. The van der Waals surface area contributed by atoms with Gasteiger partial charge >= 0.3 is 0 Å². The summed E-state index contributed by atoms with van der Waals surface area (Å²) in [6.07, 6.45) is 2.12. The van der Waals surface area contributed by atoms with E-state index in [-0.39, 0.29) is 0 Å². The number of aryl methyl sites for hydroxylation is 1. The number of hydrogen-bond acceptors (Lipinski definition) is 3. The molecule has 0 saturated heterocycles. The Kier molecular flexibility index (Phi) is 2.95. The number of anilines is 2. The second-order valence-corrected chi connectivity index (χ2v) is 3.94. The van der Waals surface area contributed by atoms with Crippen molar-refractivity contribution in [3.05, 3.63) is 30.0 Å². The fourth-order valence-corrected chi connectivity index (χ4v) is 1.89. The molecule has 1 aromatic heterocycles. The van der Waals surface area contributed by atoms with Gasteiger partial charge in [-0.1, -0.05) is 13.3 Å². The lowest BCUT2D eigenvalue weighted by molar-refractivity contribution is 0.890. The topological polar surface area (TPSA) is 50.9 Å². The minimum absolute atomic E-state index is 0.772. The average Bonchev–Trinajstić information content (AvgIpc) is 2.29. The summed E-state index contributed by atoms with van der Waals surface area (Å²) in [4.78, 5) is 4.62. The monoisotopic (exact) mass is 215 g/mol. The molecule has 0 saturated carbocycles. The van der Waals surface area contributed by atoms with Crippen LogP contribution >= 0.6 is 0 Å². The van der Waals surface area contributed by atoms with Gasteiger partial charge < -0.3 is 11.1 Å². The summed E-state index contributed by atoms with van der Waals surface area (Å²) >= 11 is 0. The molecule has 0 fully saturated rings. The van der Waals surface area contributed by atoms with Gasteiger partial charge in [0.2, 0.25) is 0 Å². The number of nitrogen functional groups attached to an aromatic ring is 1. The number of aromatic nitrogens is 1. The van der Waals surface area contributed by atoms with Gasteiger partial charge in [0.05, 0.1) is 5.52 Å². The molecule has 3 heteroatoms. The lowest BCUT2D eigenvalue weighted by Gasteiger charge is -2.09. The van der Waals surface area contributed by atoms with Gasteiger partial charge in [-0.3, -0.25) is 4.98 Å². The van der Waals surface area contributed by atoms with Crippen molar-refractivity contribution >= 4 is 22.3 Å². The third-order valence-corrected chi connectivity index (χ3v) is 2.66. The van der Waals surface area contributed by atoms with E-state index in [9.17, 15) is 0 Å². The minimum Gasteiger partial charge on any atom is -0.399 e. The largest absolute Gasteiger partial charge is 0.399 e. The van der Waals surface area contributed by atoms with Crippen LogP contribution in [0, 0.1) is 0 Å². The highest BCUT2D eigenvalue weighted by molar-refractivity contribution is 5.93. The molecule has 3 N–H and O–H groups in total. The Morgan fingerprint density at radius 3 is 2.81 bits per heavy atom. The van der Waals surface area contributed by atoms with Crippen molar-refractivity contribution in [2.45, 2.75) is 19.8 Å². The lowest BCUT2D eigenvalue weighted by atomic mass is 10.1. The van der Waals surface area contributed by atoms with Gasteiger partial charge in [0.25, 0.3) is 0 Å². The number of hydrogen-bond donors (Lipinski definition) is 2. The van der Waals surface area contributed by atoms with E-state index in [0.717, 1.165) is 40.8 Å². The highest BCUT2D eigenvalue weighted by atomic mass is 14.8. The van der Waals surface area contributed by atoms with E-state index in [4.69, 9.17) is 5.73 Å². The van der Waals surface area contributed by atoms with Crippen molar-refractivity contribution in [2.75, 3.05) is 18.1 Å². The van der Waals surface area contributed by atoms with Crippen molar-refractivity contribution < 1.29 is 0 Å². The van der Waals surface area contributed by atoms with Crippen molar-refractivity contribution in [2.24, 2.45) is 0 Å². The van der Waals surface area contributed by atoms with Gasteiger partial charge in [0, 0.05) is 29.5 Å². The summed E-state index contributed by atoms with van der Waals surface area (Å²) < 4.78 is 0. The molecular formula is C13H17N3. The Morgan fingerprint density at radius 1 is 1.31 bits per heavy atom. The first kappa shape index (κ1) is 10.7. The molecule has 0 aliphatic rings. The van der Waals surface area contributed by atoms with Crippen molar-refractivity contribution in [1.29, 1.82) is 0 Å². The van der Waals surface area contributed by atoms with Gasteiger partial charge in [-0.05, 0) is 30.7 Å². The number of fused-ring (bicyclic) bond motifs is 1. The van der Waals surface area contributed by atoms with Crippen LogP contribution < -0.4 is 11.1 Å². The molecule has 2 aromatic rings. The maximum Gasteiger partial charge on any atom is 0.0727 e. The van der Waals surface area contributed by atoms with E-state index in [1.54, 1.807) is 0 Å². The maximum atomic E-state index is 5.79. The molecule has 0 bridgehead atoms. The van der Waals surface area contributed by atoms with E-state index in [2.05, 4.69) is 23.3 Å².